The van der Waals surface area contributed by atoms with E-state index in [4.69, 9.17) is 26.4 Å². The van der Waals surface area contributed by atoms with Crippen molar-refractivity contribution >= 4 is 46.9 Å². The summed E-state index contributed by atoms with van der Waals surface area (Å²) in [6.07, 6.45) is 5.16. The maximum Gasteiger partial charge on any atom is 0.335 e. The second-order valence-electron chi connectivity index (χ2n) is 11.4. The molecule has 1 aliphatic rings. The molecule has 8 nitrogen and oxygen atoms in total. The maximum atomic E-state index is 15.9. The van der Waals surface area contributed by atoms with Crippen molar-refractivity contribution in [3.63, 3.8) is 0 Å². The highest BCUT2D eigenvalue weighted by Gasteiger charge is 2.25. The van der Waals surface area contributed by atoms with E-state index in [1.807, 2.05) is 18.2 Å². The van der Waals surface area contributed by atoms with Crippen LogP contribution in [0.3, 0.4) is 0 Å². The van der Waals surface area contributed by atoms with Crippen LogP contribution in [0.5, 0.6) is 5.75 Å². The van der Waals surface area contributed by atoms with E-state index in [-0.39, 0.29) is 49.7 Å². The number of aromatic carboxylic acids is 1. The average Bonchev–Trinajstić information content (AvgIpc) is 3.45. The summed E-state index contributed by atoms with van der Waals surface area (Å²) in [5.41, 5.74) is 4.53. The topological polar surface area (TPSA) is 114 Å². The number of amides is 1. The SMILES string of the molecule is Cl.O=C(O)c1ccc2c(c1)nc(-c1ccc(OCc3cc(C(=O)NCCO)ccc3-c3ccc(Cl)cc3)cc1F)n2C1CCCCC1. The van der Waals surface area contributed by atoms with Crippen molar-refractivity contribution in [2.75, 3.05) is 13.2 Å². The summed E-state index contributed by atoms with van der Waals surface area (Å²) in [5, 5.41) is 21.9. The number of fused-ring (bicyclic) bond motifs is 1. The summed E-state index contributed by atoms with van der Waals surface area (Å²) < 4.78 is 24.0. The van der Waals surface area contributed by atoms with Crippen LogP contribution in [0.4, 0.5) is 4.39 Å². The number of aromatic nitrogens is 2. The van der Waals surface area contributed by atoms with Gasteiger partial charge in [0.05, 0.1) is 28.8 Å². The minimum atomic E-state index is -1.04. The van der Waals surface area contributed by atoms with Gasteiger partial charge in [-0.15, -0.1) is 12.4 Å². The molecule has 1 aliphatic carbocycles. The van der Waals surface area contributed by atoms with Gasteiger partial charge in [-0.1, -0.05) is 49.1 Å². The largest absolute Gasteiger partial charge is 0.489 e. The summed E-state index contributed by atoms with van der Waals surface area (Å²) in [7, 11) is 0. The van der Waals surface area contributed by atoms with Crippen molar-refractivity contribution < 1.29 is 28.9 Å². The predicted molar refractivity (Wildman–Crippen MR) is 182 cm³/mol. The smallest absolute Gasteiger partial charge is 0.335 e. The number of carboxylic acid groups (broad SMARTS) is 1. The number of hydrogen-bond donors (Lipinski definition) is 3. The van der Waals surface area contributed by atoms with Gasteiger partial charge in [0.2, 0.25) is 0 Å². The van der Waals surface area contributed by atoms with Crippen molar-refractivity contribution in [2.45, 2.75) is 44.8 Å². The lowest BCUT2D eigenvalue weighted by Gasteiger charge is -2.25. The number of carboxylic acids is 1. The minimum absolute atomic E-state index is 0. The molecular formula is C36H34Cl2FN3O5. The van der Waals surface area contributed by atoms with E-state index in [1.165, 1.54) is 12.1 Å². The highest BCUT2D eigenvalue weighted by molar-refractivity contribution is 6.30. The number of ether oxygens (including phenoxy) is 1. The molecule has 3 N–H and O–H groups in total. The summed E-state index contributed by atoms with van der Waals surface area (Å²) in [6.45, 7) is 0.00728. The molecule has 11 heteroatoms. The van der Waals surface area contributed by atoms with Gasteiger partial charge in [0.25, 0.3) is 5.91 Å². The first-order valence-corrected chi connectivity index (χ1v) is 15.7. The van der Waals surface area contributed by atoms with E-state index >= 15 is 4.39 Å². The van der Waals surface area contributed by atoms with Gasteiger partial charge < -0.3 is 24.8 Å². The van der Waals surface area contributed by atoms with Crippen LogP contribution in [0, 0.1) is 5.82 Å². The van der Waals surface area contributed by atoms with Crippen LogP contribution in [0.15, 0.2) is 78.9 Å². The molecule has 47 heavy (non-hydrogen) atoms. The normalized spacial score (nSPS) is 13.3. The molecule has 6 rings (SSSR count). The number of imidazole rings is 1. The maximum absolute atomic E-state index is 15.9. The Balaban J connectivity index is 0.00000433. The number of nitrogens with one attached hydrogen (secondary N) is 1. The number of aliphatic hydroxyl groups is 1. The summed E-state index contributed by atoms with van der Waals surface area (Å²) in [5.74, 6) is -1.13. The molecule has 5 aromatic rings. The van der Waals surface area contributed by atoms with Gasteiger partial charge in [-0.3, -0.25) is 4.79 Å². The lowest BCUT2D eigenvalue weighted by Crippen LogP contribution is -2.26. The highest BCUT2D eigenvalue weighted by atomic mass is 35.5. The molecule has 1 heterocycles. The van der Waals surface area contributed by atoms with Crippen molar-refractivity contribution in [3.8, 4) is 28.3 Å². The number of benzene rings is 4. The second-order valence-corrected chi connectivity index (χ2v) is 11.8. The van der Waals surface area contributed by atoms with E-state index in [2.05, 4.69) is 9.88 Å². The Morgan fingerprint density at radius 1 is 0.936 bits per heavy atom. The number of rotatable bonds is 10. The first-order valence-electron chi connectivity index (χ1n) is 15.3. The Morgan fingerprint density at radius 2 is 1.66 bits per heavy atom. The summed E-state index contributed by atoms with van der Waals surface area (Å²) in [4.78, 5) is 29.0. The van der Waals surface area contributed by atoms with Crippen LogP contribution >= 0.6 is 24.0 Å². The lowest BCUT2D eigenvalue weighted by atomic mass is 9.94. The quantitative estimate of drug-likeness (QED) is 0.138. The Morgan fingerprint density at radius 3 is 2.36 bits per heavy atom. The third kappa shape index (κ3) is 7.43. The van der Waals surface area contributed by atoms with E-state index < -0.39 is 11.8 Å². The van der Waals surface area contributed by atoms with Gasteiger partial charge in [-0.05, 0) is 84.1 Å². The van der Waals surface area contributed by atoms with E-state index in [1.54, 1.807) is 48.5 Å². The van der Waals surface area contributed by atoms with Crippen molar-refractivity contribution in [1.29, 1.82) is 0 Å². The zero-order chi connectivity index (χ0) is 32.2. The van der Waals surface area contributed by atoms with Gasteiger partial charge in [0.15, 0.2) is 0 Å². The summed E-state index contributed by atoms with van der Waals surface area (Å²) in [6, 6.07) is 22.2. The van der Waals surface area contributed by atoms with Crippen molar-refractivity contribution in [3.05, 3.63) is 106 Å². The van der Waals surface area contributed by atoms with Crippen LogP contribution < -0.4 is 10.1 Å². The number of nitrogens with zero attached hydrogens (tertiary/aromatic N) is 2. The fourth-order valence-electron chi connectivity index (χ4n) is 6.10. The molecule has 1 aromatic heterocycles. The minimum Gasteiger partial charge on any atom is -0.489 e. The Labute approximate surface area is 282 Å². The van der Waals surface area contributed by atoms with Gasteiger partial charge >= 0.3 is 5.97 Å². The first-order chi connectivity index (χ1) is 22.3. The number of hydrogen-bond acceptors (Lipinski definition) is 5. The number of aliphatic hydroxyl groups excluding tert-OH is 1. The zero-order valence-corrected chi connectivity index (χ0v) is 27.0. The molecule has 0 aliphatic heterocycles. The monoisotopic (exact) mass is 677 g/mol. The van der Waals surface area contributed by atoms with E-state index in [0.29, 0.717) is 38.8 Å². The van der Waals surface area contributed by atoms with Crippen LogP contribution in [-0.4, -0.2) is 44.8 Å². The molecule has 0 spiro atoms. The Bertz CT molecular complexity index is 1910. The number of halogens is 3. The number of carbonyl (C=O) groups excluding carboxylic acids is 1. The van der Waals surface area contributed by atoms with Crippen LogP contribution in [-0.2, 0) is 6.61 Å². The molecular weight excluding hydrogens is 644 g/mol. The average molecular weight is 679 g/mol. The zero-order valence-electron chi connectivity index (χ0n) is 25.4. The summed E-state index contributed by atoms with van der Waals surface area (Å²) >= 11 is 6.10. The van der Waals surface area contributed by atoms with Crippen molar-refractivity contribution in [2.24, 2.45) is 0 Å². The van der Waals surface area contributed by atoms with Gasteiger partial charge in [-0.2, -0.15) is 0 Å². The molecule has 244 valence electrons. The molecule has 0 saturated heterocycles. The highest BCUT2D eigenvalue weighted by Crippen LogP contribution is 2.38. The molecule has 0 unspecified atom stereocenters. The third-order valence-corrected chi connectivity index (χ3v) is 8.62. The Kier molecular flexibility index (Phi) is 10.8. The first kappa shape index (κ1) is 33.9. The van der Waals surface area contributed by atoms with Gasteiger partial charge in [0, 0.05) is 29.2 Å². The second kappa shape index (κ2) is 15.0. The van der Waals surface area contributed by atoms with Gasteiger partial charge in [0.1, 0.15) is 24.0 Å². The van der Waals surface area contributed by atoms with Gasteiger partial charge in [-0.25, -0.2) is 14.2 Å². The van der Waals surface area contributed by atoms with E-state index in [9.17, 15) is 14.7 Å². The third-order valence-electron chi connectivity index (χ3n) is 8.37. The van der Waals surface area contributed by atoms with E-state index in [0.717, 1.165) is 48.7 Å². The van der Waals surface area contributed by atoms with Crippen molar-refractivity contribution in [1.82, 2.24) is 14.9 Å². The fraction of sp³-hybridized carbons (Fsp3) is 0.250. The number of carbonyl (C=O) groups is 2. The molecule has 0 atom stereocenters. The molecule has 1 saturated carbocycles. The molecule has 4 aromatic carbocycles. The predicted octanol–water partition coefficient (Wildman–Crippen LogP) is 8.09. The standard InChI is InChI=1S/C36H33ClFN3O5.ClH/c37-26-10-6-22(7-11-26)29-13-8-23(35(43)39-16-17-42)18-25(29)21-46-28-12-14-30(31(38)20-28)34-40-32-19-24(36(44)45)9-15-33(32)41(34)27-4-2-1-3-5-27;/h6-15,18-20,27,42H,1-5,16-17,21H2,(H,39,43)(H,44,45);1H. The molecule has 1 fully saturated rings. The molecule has 1 amide bonds. The van der Waals surface area contributed by atoms with Crippen LogP contribution in [0.2, 0.25) is 5.02 Å². The molecule has 0 radical (unpaired) electrons. The van der Waals surface area contributed by atoms with Crippen LogP contribution in [0.25, 0.3) is 33.5 Å². The van der Waals surface area contributed by atoms with Crippen LogP contribution in [0.1, 0.15) is 64.4 Å². The fourth-order valence-corrected chi connectivity index (χ4v) is 6.22. The molecule has 0 bridgehead atoms. The Hall–Kier alpha value is -4.44. The lowest BCUT2D eigenvalue weighted by molar-refractivity contribution is 0.0696.